The van der Waals surface area contributed by atoms with E-state index in [9.17, 15) is 8.78 Å². The summed E-state index contributed by atoms with van der Waals surface area (Å²) in [5, 5.41) is 8.20. The number of aliphatic hydroxyl groups is 1. The van der Waals surface area contributed by atoms with Gasteiger partial charge >= 0.3 is 0 Å². The van der Waals surface area contributed by atoms with E-state index in [4.69, 9.17) is 5.11 Å². The zero-order valence-electron chi connectivity index (χ0n) is 8.61. The van der Waals surface area contributed by atoms with Gasteiger partial charge in [0.25, 0.3) is 0 Å². The highest BCUT2D eigenvalue weighted by molar-refractivity contribution is 4.30. The Labute approximate surface area is 74.8 Å². The van der Waals surface area contributed by atoms with Gasteiger partial charge in [-0.2, -0.15) is 0 Å². The number of halogens is 2. The van der Waals surface area contributed by atoms with Crippen LogP contribution >= 0.6 is 0 Å². The van der Waals surface area contributed by atoms with E-state index < -0.39 is 6.43 Å². The Balaban J connectivity index is -0.000000118. The van der Waals surface area contributed by atoms with Crippen LogP contribution in [0.15, 0.2) is 0 Å². The summed E-state index contributed by atoms with van der Waals surface area (Å²) in [5.74, 6) is 0. The highest BCUT2D eigenvalue weighted by Crippen LogP contribution is 1.89. The third-order valence-electron chi connectivity index (χ3n) is 0.762. The maximum absolute atomic E-state index is 10.3. The lowest BCUT2D eigenvalue weighted by Crippen LogP contribution is -1.78. The topological polar surface area (TPSA) is 20.2 Å². The fraction of sp³-hybridized carbons (Fsp3) is 1.00. The van der Waals surface area contributed by atoms with Crippen LogP contribution in [0.1, 0.15) is 47.0 Å². The molecule has 0 rings (SSSR count). The van der Waals surface area contributed by atoms with Crippen LogP contribution in [0.25, 0.3) is 0 Å². The molecule has 0 aromatic heterocycles. The normalized spacial score (nSPS) is 8.00. The second-order valence-corrected chi connectivity index (χ2v) is 1.95. The molecule has 1 nitrogen and oxygen atoms in total. The Morgan fingerprint density at radius 1 is 1.17 bits per heavy atom. The van der Waals surface area contributed by atoms with E-state index in [0.717, 1.165) is 19.8 Å². The monoisotopic (exact) mass is 184 g/mol. The molecular formula is C9H22F2O. The third kappa shape index (κ3) is 96.1. The van der Waals surface area contributed by atoms with Crippen LogP contribution < -0.4 is 0 Å². The van der Waals surface area contributed by atoms with Crippen LogP contribution in [0.2, 0.25) is 0 Å². The van der Waals surface area contributed by atoms with E-state index in [2.05, 4.69) is 6.92 Å². The smallest absolute Gasteiger partial charge is 0.235 e. The average Bonchev–Trinajstić information content (AvgIpc) is 2.04. The summed E-state index contributed by atoms with van der Waals surface area (Å²) >= 11 is 0. The molecule has 0 radical (unpaired) electrons. The van der Waals surface area contributed by atoms with Crippen molar-refractivity contribution in [3.8, 4) is 0 Å². The molecule has 0 aliphatic heterocycles. The summed E-state index contributed by atoms with van der Waals surface area (Å²) in [6, 6.07) is 0. The van der Waals surface area contributed by atoms with Gasteiger partial charge in [0, 0.05) is 6.61 Å². The summed E-state index contributed by atoms with van der Waals surface area (Å²) < 4.78 is 20.7. The average molecular weight is 184 g/mol. The number of rotatable bonds is 3. The van der Waals surface area contributed by atoms with Gasteiger partial charge in [0.05, 0.1) is 0 Å². The molecule has 0 aliphatic carbocycles. The van der Waals surface area contributed by atoms with Crippen LogP contribution in [0.3, 0.4) is 0 Å². The molecule has 0 atom stereocenters. The van der Waals surface area contributed by atoms with Crippen molar-refractivity contribution in [2.75, 3.05) is 6.61 Å². The van der Waals surface area contributed by atoms with Crippen LogP contribution in [0.4, 0.5) is 8.78 Å². The van der Waals surface area contributed by atoms with Gasteiger partial charge in [-0.1, -0.05) is 33.6 Å². The first-order chi connectivity index (χ1) is 5.65. The predicted octanol–water partition coefficient (Wildman–Crippen LogP) is 3.47. The molecule has 0 saturated heterocycles. The highest BCUT2D eigenvalue weighted by atomic mass is 19.3. The quantitative estimate of drug-likeness (QED) is 0.666. The molecule has 0 spiro atoms. The van der Waals surface area contributed by atoms with Crippen molar-refractivity contribution in [2.24, 2.45) is 0 Å². The van der Waals surface area contributed by atoms with Gasteiger partial charge in [-0.05, 0) is 13.3 Å². The lowest BCUT2D eigenvalue weighted by molar-refractivity contribution is 0.171. The van der Waals surface area contributed by atoms with Crippen molar-refractivity contribution in [2.45, 2.75) is 53.4 Å². The SMILES string of the molecule is CC.CC(F)F.CCCCCO. The van der Waals surface area contributed by atoms with E-state index in [0.29, 0.717) is 6.61 Å². The molecule has 0 aromatic rings. The van der Waals surface area contributed by atoms with Gasteiger partial charge in [-0.15, -0.1) is 0 Å². The first-order valence-corrected chi connectivity index (χ1v) is 4.54. The minimum Gasteiger partial charge on any atom is -0.396 e. The summed E-state index contributed by atoms with van der Waals surface area (Å²) in [6.45, 7) is 7.31. The van der Waals surface area contributed by atoms with Crippen LogP contribution in [0, 0.1) is 0 Å². The minimum atomic E-state index is -2.17. The summed E-state index contributed by atoms with van der Waals surface area (Å²) in [4.78, 5) is 0. The summed E-state index contributed by atoms with van der Waals surface area (Å²) in [6.07, 6.45) is 1.16. The lowest BCUT2D eigenvalue weighted by Gasteiger charge is -1.85. The van der Waals surface area contributed by atoms with Crippen molar-refractivity contribution < 1.29 is 13.9 Å². The van der Waals surface area contributed by atoms with E-state index in [1.165, 1.54) is 6.42 Å². The van der Waals surface area contributed by atoms with Crippen LogP contribution in [-0.4, -0.2) is 18.1 Å². The van der Waals surface area contributed by atoms with Crippen molar-refractivity contribution in [1.29, 1.82) is 0 Å². The molecule has 0 heterocycles. The van der Waals surface area contributed by atoms with E-state index in [1.54, 1.807) is 0 Å². The van der Waals surface area contributed by atoms with E-state index >= 15 is 0 Å². The maximum atomic E-state index is 10.3. The highest BCUT2D eigenvalue weighted by Gasteiger charge is 1.79. The number of unbranched alkanes of at least 4 members (excludes halogenated alkanes) is 2. The molecule has 0 amide bonds. The molecule has 0 saturated carbocycles. The number of alkyl halides is 2. The van der Waals surface area contributed by atoms with Crippen molar-refractivity contribution in [3.63, 3.8) is 0 Å². The number of hydrogen-bond donors (Lipinski definition) is 1. The predicted molar refractivity (Wildman–Crippen MR) is 49.6 cm³/mol. The van der Waals surface area contributed by atoms with Gasteiger partial charge in [0.1, 0.15) is 0 Å². The Morgan fingerprint density at radius 2 is 1.50 bits per heavy atom. The first-order valence-electron chi connectivity index (χ1n) is 4.54. The molecular weight excluding hydrogens is 162 g/mol. The van der Waals surface area contributed by atoms with E-state index in [-0.39, 0.29) is 0 Å². The van der Waals surface area contributed by atoms with Gasteiger partial charge in [-0.25, -0.2) is 8.78 Å². The number of aliphatic hydroxyl groups excluding tert-OH is 1. The third-order valence-corrected chi connectivity index (χ3v) is 0.762. The molecule has 78 valence electrons. The molecule has 12 heavy (non-hydrogen) atoms. The second kappa shape index (κ2) is 22.4. The Bertz CT molecular complexity index is 43.0. The van der Waals surface area contributed by atoms with Gasteiger partial charge in [0.15, 0.2) is 0 Å². The van der Waals surface area contributed by atoms with Crippen LogP contribution in [0.5, 0.6) is 0 Å². The fourth-order valence-corrected chi connectivity index (χ4v) is 0.362. The summed E-state index contributed by atoms with van der Waals surface area (Å²) in [5.41, 5.74) is 0. The van der Waals surface area contributed by atoms with Gasteiger partial charge in [0.2, 0.25) is 6.43 Å². The molecule has 0 fully saturated rings. The second-order valence-electron chi connectivity index (χ2n) is 1.95. The Hall–Kier alpha value is -0.180. The molecule has 0 aromatic carbocycles. The summed E-state index contributed by atoms with van der Waals surface area (Å²) in [7, 11) is 0. The zero-order chi connectivity index (χ0) is 10.4. The molecule has 1 N–H and O–H groups in total. The lowest BCUT2D eigenvalue weighted by atomic mass is 10.3. The first kappa shape index (κ1) is 17.8. The maximum Gasteiger partial charge on any atom is 0.235 e. The van der Waals surface area contributed by atoms with Crippen molar-refractivity contribution in [3.05, 3.63) is 0 Å². The minimum absolute atomic E-state index is 0.355. The molecule has 0 aliphatic rings. The Morgan fingerprint density at radius 3 is 1.58 bits per heavy atom. The van der Waals surface area contributed by atoms with Crippen molar-refractivity contribution in [1.82, 2.24) is 0 Å². The van der Waals surface area contributed by atoms with Gasteiger partial charge in [-0.3, -0.25) is 0 Å². The fourth-order valence-electron chi connectivity index (χ4n) is 0.362. The van der Waals surface area contributed by atoms with Crippen molar-refractivity contribution >= 4 is 0 Å². The van der Waals surface area contributed by atoms with Crippen LogP contribution in [-0.2, 0) is 0 Å². The molecule has 0 unspecified atom stereocenters. The van der Waals surface area contributed by atoms with Gasteiger partial charge < -0.3 is 5.11 Å². The number of hydrogen-bond acceptors (Lipinski definition) is 1. The largest absolute Gasteiger partial charge is 0.396 e. The Kier molecular flexibility index (Phi) is 33.3. The standard InChI is InChI=1S/C5H12O.C2H4F2.C2H6/c1-2-3-4-5-6;1-2(3)4;1-2/h6H,2-5H2,1H3;2H,1H3;1-2H3. The zero-order valence-corrected chi connectivity index (χ0v) is 8.61. The van der Waals surface area contributed by atoms with E-state index in [1.807, 2.05) is 13.8 Å². The molecule has 0 bridgehead atoms. The molecule has 3 heteroatoms.